The Hall–Kier alpha value is -1.35. The van der Waals surface area contributed by atoms with Crippen molar-refractivity contribution in [3.8, 4) is 0 Å². The molecule has 0 aliphatic carbocycles. The number of alkyl halides is 5. The molecule has 0 saturated heterocycles. The van der Waals surface area contributed by atoms with Gasteiger partial charge >= 0.3 is 12.5 Å². The number of hydrogen-bond acceptors (Lipinski definition) is 4. The highest BCUT2D eigenvalue weighted by molar-refractivity contribution is 7.12. The topological polar surface area (TPSA) is 43.4 Å². The molecule has 0 spiro atoms. The van der Waals surface area contributed by atoms with Crippen molar-refractivity contribution in [1.29, 1.82) is 0 Å². The summed E-state index contributed by atoms with van der Waals surface area (Å²) in [7, 11) is 0. The number of halogens is 5. The summed E-state index contributed by atoms with van der Waals surface area (Å²) in [6.07, 6.45) is -12.1. The molecule has 0 radical (unpaired) electrons. The van der Waals surface area contributed by atoms with Crippen molar-refractivity contribution in [3.63, 3.8) is 0 Å². The molecule has 1 heterocycles. The van der Waals surface area contributed by atoms with Crippen LogP contribution in [-0.2, 0) is 9.53 Å². The second-order valence-corrected chi connectivity index (χ2v) is 4.01. The molecule has 0 unspecified atom stereocenters. The molecule has 1 aromatic heterocycles. The number of hydrogen-bond donors (Lipinski definition) is 0. The van der Waals surface area contributed by atoms with Crippen molar-refractivity contribution in [2.45, 2.75) is 18.9 Å². The molecule has 0 atom stereocenters. The van der Waals surface area contributed by atoms with E-state index >= 15 is 0 Å². The van der Waals surface area contributed by atoms with Crippen LogP contribution in [-0.4, -0.2) is 24.0 Å². The Balaban J connectivity index is 2.68. The molecule has 9 heteroatoms. The van der Waals surface area contributed by atoms with Crippen LogP contribution in [0.15, 0.2) is 17.5 Å². The smallest absolute Gasteiger partial charge is 0.293 e. The molecule has 0 saturated carbocycles. The average Bonchev–Trinajstić information content (AvgIpc) is 2.65. The molecule has 0 fully saturated rings. The first-order valence-corrected chi connectivity index (χ1v) is 5.24. The summed E-state index contributed by atoms with van der Waals surface area (Å²) in [6.45, 7) is 0. The van der Waals surface area contributed by atoms with Crippen LogP contribution in [0, 0.1) is 0 Å². The summed E-state index contributed by atoms with van der Waals surface area (Å²) >= 11 is 0.887. The Bertz CT molecular complexity index is 438. The molecule has 3 nitrogen and oxygen atoms in total. The summed E-state index contributed by atoms with van der Waals surface area (Å²) < 4.78 is 62.5. The lowest BCUT2D eigenvalue weighted by Crippen LogP contribution is -2.38. The fourth-order valence-corrected chi connectivity index (χ4v) is 1.64. The quantitative estimate of drug-likeness (QED) is 0.475. The highest BCUT2D eigenvalue weighted by atomic mass is 32.1. The van der Waals surface area contributed by atoms with Gasteiger partial charge in [0.2, 0.25) is 5.78 Å². The number of thiophene rings is 1. The number of carbonyl (C=O) groups is 2. The molecule has 100 valence electrons. The zero-order valence-corrected chi connectivity index (χ0v) is 9.28. The van der Waals surface area contributed by atoms with E-state index in [-0.39, 0.29) is 4.88 Å². The Kier molecular flexibility index (Phi) is 4.17. The molecule has 0 aromatic carbocycles. The number of carbonyl (C=O) groups excluding carboxylic acids is 2. The molecular formula is C9H5F5O3S. The molecule has 1 rings (SSSR count). The third-order valence-corrected chi connectivity index (χ3v) is 2.60. The minimum Gasteiger partial charge on any atom is -0.293 e. The van der Waals surface area contributed by atoms with Crippen molar-refractivity contribution in [1.82, 2.24) is 0 Å². The van der Waals surface area contributed by atoms with Gasteiger partial charge in [-0.05, 0) is 11.4 Å². The van der Waals surface area contributed by atoms with E-state index in [1.54, 1.807) is 0 Å². The number of ketones is 2. The highest BCUT2D eigenvalue weighted by Crippen LogP contribution is 2.29. The van der Waals surface area contributed by atoms with E-state index < -0.39 is 30.5 Å². The molecule has 0 bridgehead atoms. The third kappa shape index (κ3) is 4.15. The van der Waals surface area contributed by atoms with Crippen LogP contribution in [0.2, 0.25) is 0 Å². The lowest BCUT2D eigenvalue weighted by molar-refractivity contribution is -0.409. The van der Waals surface area contributed by atoms with E-state index in [2.05, 4.69) is 4.74 Å². The average molecular weight is 288 g/mol. The van der Waals surface area contributed by atoms with Gasteiger partial charge < -0.3 is 0 Å². The first kappa shape index (κ1) is 14.7. The summed E-state index contributed by atoms with van der Waals surface area (Å²) in [6, 6.07) is 2.70. The standard InChI is InChI=1S/C9H5F5O3S/c10-8(11,17-9(12,13)14)7(16)4-5(15)6-2-1-3-18-6/h1-3H,4H2. The van der Waals surface area contributed by atoms with Gasteiger partial charge in [0.25, 0.3) is 0 Å². The van der Waals surface area contributed by atoms with Gasteiger partial charge in [-0.1, -0.05) is 6.07 Å². The zero-order valence-electron chi connectivity index (χ0n) is 8.46. The fraction of sp³-hybridized carbons (Fsp3) is 0.333. The Labute approximate surface area is 101 Å². The molecule has 0 aliphatic rings. The number of ether oxygens (including phenoxy) is 1. The predicted octanol–water partition coefficient (Wildman–Crippen LogP) is 3.02. The van der Waals surface area contributed by atoms with E-state index in [1.165, 1.54) is 17.5 Å². The van der Waals surface area contributed by atoms with Gasteiger partial charge in [-0.2, -0.15) is 8.78 Å². The summed E-state index contributed by atoms with van der Waals surface area (Å²) in [5, 5.41) is 1.46. The first-order chi connectivity index (χ1) is 8.12. The third-order valence-electron chi connectivity index (χ3n) is 1.69. The molecule has 1 aromatic rings. The molecule has 18 heavy (non-hydrogen) atoms. The SMILES string of the molecule is O=C(CC(=O)C(F)(F)OC(F)(F)F)c1cccs1. The van der Waals surface area contributed by atoms with Crippen LogP contribution < -0.4 is 0 Å². The van der Waals surface area contributed by atoms with Crippen LogP contribution in [0.25, 0.3) is 0 Å². The lowest BCUT2D eigenvalue weighted by Gasteiger charge is -2.16. The van der Waals surface area contributed by atoms with Crippen LogP contribution in [0.5, 0.6) is 0 Å². The van der Waals surface area contributed by atoms with Crippen molar-refractivity contribution in [3.05, 3.63) is 22.4 Å². The molecule has 0 aliphatic heterocycles. The number of rotatable bonds is 5. The maximum Gasteiger partial charge on any atom is 0.527 e. The van der Waals surface area contributed by atoms with Crippen molar-refractivity contribution in [2.75, 3.05) is 0 Å². The second-order valence-electron chi connectivity index (χ2n) is 3.07. The Morgan fingerprint density at radius 2 is 1.83 bits per heavy atom. The molecular weight excluding hydrogens is 283 g/mol. The highest BCUT2D eigenvalue weighted by Gasteiger charge is 2.50. The van der Waals surface area contributed by atoms with Gasteiger partial charge in [0.05, 0.1) is 11.3 Å². The Morgan fingerprint density at radius 1 is 1.22 bits per heavy atom. The normalized spacial score (nSPS) is 12.5. The maximum absolute atomic E-state index is 12.7. The summed E-state index contributed by atoms with van der Waals surface area (Å²) in [4.78, 5) is 22.1. The lowest BCUT2D eigenvalue weighted by atomic mass is 10.1. The van der Waals surface area contributed by atoms with Crippen molar-refractivity contribution < 1.29 is 36.3 Å². The van der Waals surface area contributed by atoms with Crippen LogP contribution >= 0.6 is 11.3 Å². The van der Waals surface area contributed by atoms with Crippen molar-refractivity contribution >= 4 is 22.9 Å². The Morgan fingerprint density at radius 3 is 2.28 bits per heavy atom. The minimum atomic E-state index is -5.66. The molecule has 0 N–H and O–H groups in total. The van der Waals surface area contributed by atoms with E-state index in [4.69, 9.17) is 0 Å². The fourth-order valence-electron chi connectivity index (χ4n) is 0.975. The van der Waals surface area contributed by atoms with Crippen LogP contribution in [0.1, 0.15) is 16.1 Å². The summed E-state index contributed by atoms with van der Waals surface area (Å²) in [5.41, 5.74) is 0. The monoisotopic (exact) mass is 288 g/mol. The van der Waals surface area contributed by atoms with Crippen LogP contribution in [0.3, 0.4) is 0 Å². The first-order valence-electron chi connectivity index (χ1n) is 4.36. The van der Waals surface area contributed by atoms with Gasteiger partial charge in [0, 0.05) is 0 Å². The second kappa shape index (κ2) is 5.11. The number of Topliss-reactive ketones (excluding diaryl/α,β-unsaturated/α-hetero) is 2. The molecule has 0 amide bonds. The summed E-state index contributed by atoms with van der Waals surface area (Å²) in [5.74, 6) is -3.22. The zero-order chi connectivity index (χ0) is 14.0. The predicted molar refractivity (Wildman–Crippen MR) is 50.4 cm³/mol. The van der Waals surface area contributed by atoms with Gasteiger partial charge in [-0.15, -0.1) is 24.5 Å². The van der Waals surface area contributed by atoms with E-state index in [0.29, 0.717) is 0 Å². The van der Waals surface area contributed by atoms with Gasteiger partial charge in [-0.25, -0.2) is 4.74 Å². The van der Waals surface area contributed by atoms with Gasteiger partial charge in [0.15, 0.2) is 5.78 Å². The van der Waals surface area contributed by atoms with E-state index in [9.17, 15) is 31.5 Å². The minimum absolute atomic E-state index is 0.00570. The van der Waals surface area contributed by atoms with Crippen LogP contribution in [0.4, 0.5) is 22.0 Å². The van der Waals surface area contributed by atoms with Crippen molar-refractivity contribution in [2.24, 2.45) is 0 Å². The van der Waals surface area contributed by atoms with E-state index in [0.717, 1.165) is 11.3 Å². The van der Waals surface area contributed by atoms with Gasteiger partial charge in [0.1, 0.15) is 0 Å². The maximum atomic E-state index is 12.7. The van der Waals surface area contributed by atoms with Gasteiger partial charge in [-0.3, -0.25) is 9.59 Å². The largest absolute Gasteiger partial charge is 0.527 e. The van der Waals surface area contributed by atoms with E-state index in [1.807, 2.05) is 0 Å².